The Bertz CT molecular complexity index is 829. The Kier molecular flexibility index (Phi) is 4.53. The number of aromatic amines is 1. The number of benzene rings is 1. The minimum Gasteiger partial charge on any atom is -0.495 e. The van der Waals surface area contributed by atoms with E-state index in [1.165, 1.54) is 12.1 Å². The number of rotatable bonds is 2. The molecule has 0 amide bonds. The first kappa shape index (κ1) is 18.1. The van der Waals surface area contributed by atoms with Crippen molar-refractivity contribution >= 4 is 11.6 Å². The van der Waals surface area contributed by atoms with Crippen LogP contribution < -0.4 is 10.3 Å². The Hall–Kier alpha value is -2.23. The number of aromatic nitrogens is 2. The first-order chi connectivity index (χ1) is 10.9. The Morgan fingerprint density at radius 2 is 1.75 bits per heavy atom. The molecule has 0 saturated carbocycles. The third-order valence-corrected chi connectivity index (χ3v) is 3.21. The van der Waals surface area contributed by atoms with E-state index in [0.29, 0.717) is 0 Å². The molecule has 0 spiro atoms. The lowest BCUT2D eigenvalue weighted by Crippen LogP contribution is -2.26. The van der Waals surface area contributed by atoms with Crippen molar-refractivity contribution < 1.29 is 31.1 Å². The van der Waals surface area contributed by atoms with E-state index in [1.807, 2.05) is 0 Å². The topological polar surface area (TPSA) is 55.0 Å². The lowest BCUT2D eigenvalue weighted by atomic mass is 10.0. The van der Waals surface area contributed by atoms with Crippen molar-refractivity contribution in [2.75, 3.05) is 7.11 Å². The van der Waals surface area contributed by atoms with Gasteiger partial charge in [-0.05, 0) is 17.7 Å². The molecule has 1 N–H and O–H groups in total. The fourth-order valence-corrected chi connectivity index (χ4v) is 2.09. The fourth-order valence-electron chi connectivity index (χ4n) is 1.90. The maximum Gasteiger partial charge on any atom is 0.449 e. The van der Waals surface area contributed by atoms with E-state index >= 15 is 0 Å². The Balaban J connectivity index is 2.81. The highest BCUT2D eigenvalue weighted by Crippen LogP contribution is 2.37. The third-order valence-electron chi connectivity index (χ3n) is 2.90. The smallest absolute Gasteiger partial charge is 0.449 e. The number of halogens is 7. The molecule has 11 heteroatoms. The van der Waals surface area contributed by atoms with Crippen molar-refractivity contribution in [1.29, 1.82) is 0 Å². The molecule has 2 rings (SSSR count). The molecule has 0 atom stereocenters. The van der Waals surface area contributed by atoms with E-state index in [9.17, 15) is 31.1 Å². The van der Waals surface area contributed by atoms with Crippen LogP contribution in [0.5, 0.6) is 5.75 Å². The normalized spacial score (nSPS) is 12.3. The summed E-state index contributed by atoms with van der Waals surface area (Å²) < 4.78 is 81.9. The van der Waals surface area contributed by atoms with E-state index in [1.54, 1.807) is 0 Å². The van der Waals surface area contributed by atoms with Gasteiger partial charge in [-0.25, -0.2) is 4.98 Å². The third kappa shape index (κ3) is 3.48. The summed E-state index contributed by atoms with van der Waals surface area (Å²) in [6.07, 6.45) is -10.5. The van der Waals surface area contributed by atoms with Crippen molar-refractivity contribution in [3.05, 3.63) is 45.1 Å². The van der Waals surface area contributed by atoms with Gasteiger partial charge in [0.15, 0.2) is 5.69 Å². The molecule has 24 heavy (non-hydrogen) atoms. The summed E-state index contributed by atoms with van der Waals surface area (Å²) in [6, 6.07) is 3.18. The molecule has 2 aromatic rings. The van der Waals surface area contributed by atoms with Crippen LogP contribution in [0.1, 0.15) is 11.5 Å². The second kappa shape index (κ2) is 6.00. The van der Waals surface area contributed by atoms with Gasteiger partial charge in [-0.15, -0.1) is 0 Å². The van der Waals surface area contributed by atoms with Crippen LogP contribution in [0.2, 0.25) is 5.02 Å². The number of alkyl halides is 6. The summed E-state index contributed by atoms with van der Waals surface area (Å²) in [5.74, 6) is -2.09. The number of ether oxygens (including phenoxy) is 1. The summed E-state index contributed by atoms with van der Waals surface area (Å²) in [6.45, 7) is 0. The number of nitrogens with zero attached hydrogens (tertiary/aromatic N) is 1. The lowest BCUT2D eigenvalue weighted by Gasteiger charge is -2.15. The Labute approximate surface area is 135 Å². The van der Waals surface area contributed by atoms with Gasteiger partial charge in [0.05, 0.1) is 17.7 Å². The van der Waals surface area contributed by atoms with Crippen LogP contribution >= 0.6 is 11.6 Å². The van der Waals surface area contributed by atoms with Crippen molar-refractivity contribution in [3.8, 4) is 16.9 Å². The van der Waals surface area contributed by atoms with E-state index in [-0.39, 0.29) is 16.3 Å². The van der Waals surface area contributed by atoms with E-state index in [0.717, 1.165) is 18.2 Å². The zero-order chi connectivity index (χ0) is 18.3. The van der Waals surface area contributed by atoms with Crippen molar-refractivity contribution in [2.24, 2.45) is 0 Å². The highest BCUT2D eigenvalue weighted by atomic mass is 35.5. The van der Waals surface area contributed by atoms with Crippen molar-refractivity contribution in [2.45, 2.75) is 12.4 Å². The average molecular weight is 373 g/mol. The molecule has 0 aliphatic rings. The molecule has 0 aliphatic carbocycles. The maximum absolute atomic E-state index is 13.1. The monoisotopic (exact) mass is 372 g/mol. The SMILES string of the molecule is COc1cc(-c2c(C(F)(F)F)nc(C(F)(F)F)[nH]c2=O)ccc1Cl. The van der Waals surface area contributed by atoms with Crippen LogP contribution in [0, 0.1) is 0 Å². The molecule has 1 heterocycles. The van der Waals surface area contributed by atoms with Gasteiger partial charge in [-0.3, -0.25) is 4.79 Å². The van der Waals surface area contributed by atoms with Gasteiger partial charge in [-0.2, -0.15) is 26.3 Å². The van der Waals surface area contributed by atoms with Crippen molar-refractivity contribution in [1.82, 2.24) is 9.97 Å². The number of methoxy groups -OCH3 is 1. The molecule has 1 aromatic heterocycles. The quantitative estimate of drug-likeness (QED) is 0.806. The van der Waals surface area contributed by atoms with Crippen LogP contribution in [-0.2, 0) is 12.4 Å². The molecule has 0 unspecified atom stereocenters. The minimum absolute atomic E-state index is 0.0473. The van der Waals surface area contributed by atoms with Crippen LogP contribution in [0.3, 0.4) is 0 Å². The van der Waals surface area contributed by atoms with Gasteiger partial charge in [-0.1, -0.05) is 17.7 Å². The van der Waals surface area contributed by atoms with E-state index in [2.05, 4.69) is 4.98 Å². The highest BCUT2D eigenvalue weighted by Gasteiger charge is 2.42. The van der Waals surface area contributed by atoms with Crippen molar-refractivity contribution in [3.63, 3.8) is 0 Å². The van der Waals surface area contributed by atoms with Gasteiger partial charge in [0.1, 0.15) is 5.75 Å². The molecular weight excluding hydrogens is 366 g/mol. The molecule has 0 aliphatic heterocycles. The second-order valence-corrected chi connectivity index (χ2v) is 4.89. The van der Waals surface area contributed by atoms with Crippen LogP contribution in [0.25, 0.3) is 11.1 Å². The largest absolute Gasteiger partial charge is 0.495 e. The Morgan fingerprint density at radius 1 is 1.12 bits per heavy atom. The number of hydrogen-bond donors (Lipinski definition) is 1. The van der Waals surface area contributed by atoms with Gasteiger partial charge in [0, 0.05) is 0 Å². The summed E-state index contributed by atoms with van der Waals surface area (Å²) in [5.41, 5.74) is -4.95. The van der Waals surface area contributed by atoms with E-state index in [4.69, 9.17) is 16.3 Å². The van der Waals surface area contributed by atoms with Gasteiger partial charge in [0.25, 0.3) is 5.56 Å². The number of H-pyrrole nitrogens is 1. The average Bonchev–Trinajstić information content (AvgIpc) is 2.45. The van der Waals surface area contributed by atoms with E-state index < -0.39 is 35.0 Å². The zero-order valence-corrected chi connectivity index (χ0v) is 12.4. The Morgan fingerprint density at radius 3 is 2.25 bits per heavy atom. The highest BCUT2D eigenvalue weighted by molar-refractivity contribution is 6.32. The van der Waals surface area contributed by atoms with Gasteiger partial charge in [0.2, 0.25) is 5.82 Å². The molecule has 130 valence electrons. The van der Waals surface area contributed by atoms with Gasteiger partial charge < -0.3 is 9.72 Å². The number of nitrogens with one attached hydrogen (secondary N) is 1. The van der Waals surface area contributed by atoms with Crippen LogP contribution in [0.15, 0.2) is 23.0 Å². The summed E-state index contributed by atoms with van der Waals surface area (Å²) >= 11 is 5.74. The first-order valence-corrected chi connectivity index (χ1v) is 6.45. The van der Waals surface area contributed by atoms with Crippen LogP contribution in [-0.4, -0.2) is 17.1 Å². The molecule has 0 fully saturated rings. The predicted molar refractivity (Wildman–Crippen MR) is 71.9 cm³/mol. The first-order valence-electron chi connectivity index (χ1n) is 6.07. The van der Waals surface area contributed by atoms with Crippen LogP contribution in [0.4, 0.5) is 26.3 Å². The molecule has 0 bridgehead atoms. The van der Waals surface area contributed by atoms with Gasteiger partial charge >= 0.3 is 12.4 Å². The zero-order valence-electron chi connectivity index (χ0n) is 11.6. The predicted octanol–water partition coefficient (Wildman–Crippen LogP) is 4.14. The minimum atomic E-state index is -5.28. The second-order valence-electron chi connectivity index (χ2n) is 4.48. The molecular formula is C13H7ClF6N2O2. The molecule has 4 nitrogen and oxygen atoms in total. The molecule has 0 radical (unpaired) electrons. The molecule has 0 saturated heterocycles. The number of hydrogen-bond acceptors (Lipinski definition) is 3. The summed E-state index contributed by atoms with van der Waals surface area (Å²) in [4.78, 5) is 15.7. The lowest BCUT2D eigenvalue weighted by molar-refractivity contribution is -0.152. The fraction of sp³-hybridized carbons (Fsp3) is 0.231. The summed E-state index contributed by atoms with van der Waals surface area (Å²) in [7, 11) is 1.19. The maximum atomic E-state index is 13.1. The summed E-state index contributed by atoms with van der Waals surface area (Å²) in [5, 5.41) is 0.0473. The molecule has 1 aromatic carbocycles. The standard InChI is InChI=1S/C13H7ClF6N2O2/c1-24-7-4-5(2-3-6(7)14)8-9(12(15,16)17)21-11(13(18,19)20)22-10(8)23/h2-4H,1H3,(H,21,22,23).